The maximum absolute atomic E-state index is 11.6. The average molecular weight is 238 g/mol. The van der Waals surface area contributed by atoms with Gasteiger partial charge in [0.15, 0.2) is 0 Å². The number of carbonyl (C=O) groups excluding carboxylic acids is 1. The predicted molar refractivity (Wildman–Crippen MR) is 60.2 cm³/mol. The molecule has 0 saturated carbocycles. The lowest BCUT2D eigenvalue weighted by atomic mass is 10.1. The van der Waals surface area contributed by atoms with E-state index in [1.165, 1.54) is 18.2 Å². The number of carboxylic acid groups (broad SMARTS) is 1. The highest BCUT2D eigenvalue weighted by atomic mass is 16.5. The van der Waals surface area contributed by atoms with Gasteiger partial charge in [0, 0.05) is 0 Å². The predicted octanol–water partition coefficient (Wildman–Crippen LogP) is 1.90. The molecule has 5 nitrogen and oxygen atoms in total. The van der Waals surface area contributed by atoms with Crippen molar-refractivity contribution in [2.75, 3.05) is 6.61 Å². The zero-order chi connectivity index (χ0) is 13.0. The first kappa shape index (κ1) is 13.0. The SMILES string of the molecule is CC(C)COC(=O)c1cccc(O)c1C(=O)O. The number of benzene rings is 1. The molecule has 17 heavy (non-hydrogen) atoms. The molecular weight excluding hydrogens is 224 g/mol. The molecule has 0 aliphatic heterocycles. The van der Waals surface area contributed by atoms with E-state index in [9.17, 15) is 14.7 Å². The maximum atomic E-state index is 11.6. The molecule has 0 atom stereocenters. The fourth-order valence-electron chi connectivity index (χ4n) is 1.26. The van der Waals surface area contributed by atoms with Gasteiger partial charge in [-0.2, -0.15) is 0 Å². The molecule has 0 aromatic heterocycles. The van der Waals surface area contributed by atoms with Crippen molar-refractivity contribution >= 4 is 11.9 Å². The monoisotopic (exact) mass is 238 g/mol. The largest absolute Gasteiger partial charge is 0.507 e. The molecule has 0 spiro atoms. The number of ether oxygens (including phenoxy) is 1. The molecule has 5 heteroatoms. The van der Waals surface area contributed by atoms with Crippen LogP contribution >= 0.6 is 0 Å². The number of carbonyl (C=O) groups is 2. The van der Waals surface area contributed by atoms with E-state index in [1.807, 2.05) is 13.8 Å². The first-order valence-corrected chi connectivity index (χ1v) is 5.16. The number of aromatic hydroxyl groups is 1. The highest BCUT2D eigenvalue weighted by Crippen LogP contribution is 2.21. The molecule has 92 valence electrons. The molecule has 0 unspecified atom stereocenters. The first-order valence-electron chi connectivity index (χ1n) is 5.16. The Morgan fingerprint density at radius 3 is 2.53 bits per heavy atom. The van der Waals surface area contributed by atoms with Crippen molar-refractivity contribution in [2.24, 2.45) is 5.92 Å². The third-order valence-electron chi connectivity index (χ3n) is 2.02. The molecule has 1 aromatic rings. The van der Waals surface area contributed by atoms with E-state index in [-0.39, 0.29) is 18.1 Å². The van der Waals surface area contributed by atoms with Crippen LogP contribution in [0.4, 0.5) is 0 Å². The molecule has 0 aliphatic carbocycles. The van der Waals surface area contributed by atoms with Crippen molar-refractivity contribution in [1.29, 1.82) is 0 Å². The summed E-state index contributed by atoms with van der Waals surface area (Å²) in [6.45, 7) is 3.94. The van der Waals surface area contributed by atoms with E-state index in [1.54, 1.807) is 0 Å². The van der Waals surface area contributed by atoms with Crippen molar-refractivity contribution in [3.8, 4) is 5.75 Å². The summed E-state index contributed by atoms with van der Waals surface area (Å²) in [5.41, 5.74) is -0.570. The zero-order valence-electron chi connectivity index (χ0n) is 9.64. The summed E-state index contributed by atoms with van der Waals surface area (Å²) in [7, 11) is 0. The quantitative estimate of drug-likeness (QED) is 0.783. The fourth-order valence-corrected chi connectivity index (χ4v) is 1.26. The Balaban J connectivity index is 3.01. The number of hydrogen-bond donors (Lipinski definition) is 2. The van der Waals surface area contributed by atoms with Crippen molar-refractivity contribution < 1.29 is 24.5 Å². The topological polar surface area (TPSA) is 83.8 Å². The lowest BCUT2D eigenvalue weighted by Gasteiger charge is -2.09. The Morgan fingerprint density at radius 2 is 2.00 bits per heavy atom. The van der Waals surface area contributed by atoms with E-state index < -0.39 is 23.3 Å². The molecule has 0 aliphatic rings. The van der Waals surface area contributed by atoms with Crippen LogP contribution in [0.25, 0.3) is 0 Å². The number of rotatable bonds is 4. The molecule has 1 aromatic carbocycles. The third-order valence-corrected chi connectivity index (χ3v) is 2.02. The van der Waals surface area contributed by atoms with Gasteiger partial charge < -0.3 is 14.9 Å². The highest BCUT2D eigenvalue weighted by Gasteiger charge is 2.21. The Morgan fingerprint density at radius 1 is 1.35 bits per heavy atom. The lowest BCUT2D eigenvalue weighted by Crippen LogP contribution is -2.14. The van der Waals surface area contributed by atoms with Crippen LogP contribution in [-0.4, -0.2) is 28.8 Å². The minimum Gasteiger partial charge on any atom is -0.507 e. The van der Waals surface area contributed by atoms with Crippen LogP contribution in [0.1, 0.15) is 34.6 Å². The molecule has 0 heterocycles. The second kappa shape index (κ2) is 5.34. The lowest BCUT2D eigenvalue weighted by molar-refractivity contribution is 0.0449. The summed E-state index contributed by atoms with van der Waals surface area (Å²) < 4.78 is 4.92. The van der Waals surface area contributed by atoms with Gasteiger partial charge in [0.25, 0.3) is 0 Å². The average Bonchev–Trinajstić information content (AvgIpc) is 2.24. The summed E-state index contributed by atoms with van der Waals surface area (Å²) in [5, 5.41) is 18.3. The number of aromatic carboxylic acids is 1. The van der Waals surface area contributed by atoms with Crippen molar-refractivity contribution in [2.45, 2.75) is 13.8 Å². The van der Waals surface area contributed by atoms with Crippen LogP contribution in [-0.2, 0) is 4.74 Å². The van der Waals surface area contributed by atoms with Gasteiger partial charge in [0.05, 0.1) is 12.2 Å². The number of carboxylic acids is 1. The van der Waals surface area contributed by atoms with Crippen LogP contribution in [0.5, 0.6) is 5.75 Å². The molecular formula is C12H14O5. The van der Waals surface area contributed by atoms with Gasteiger partial charge in [-0.3, -0.25) is 0 Å². The van der Waals surface area contributed by atoms with Crippen LogP contribution < -0.4 is 0 Å². The number of phenols is 1. The fraction of sp³-hybridized carbons (Fsp3) is 0.333. The Labute approximate surface area is 98.6 Å². The Kier molecular flexibility index (Phi) is 4.09. The van der Waals surface area contributed by atoms with Gasteiger partial charge in [-0.15, -0.1) is 0 Å². The van der Waals surface area contributed by atoms with Gasteiger partial charge in [-0.25, -0.2) is 9.59 Å². The number of hydrogen-bond acceptors (Lipinski definition) is 4. The van der Waals surface area contributed by atoms with Crippen molar-refractivity contribution in [3.05, 3.63) is 29.3 Å². The van der Waals surface area contributed by atoms with E-state index in [2.05, 4.69) is 0 Å². The zero-order valence-corrected chi connectivity index (χ0v) is 9.64. The standard InChI is InChI=1S/C12H14O5/c1-7(2)6-17-12(16)8-4-3-5-9(13)10(8)11(14)15/h3-5,7,13H,6H2,1-2H3,(H,14,15). The number of esters is 1. The summed E-state index contributed by atoms with van der Waals surface area (Å²) in [4.78, 5) is 22.5. The van der Waals surface area contributed by atoms with Crippen LogP contribution in [0, 0.1) is 5.92 Å². The molecule has 0 radical (unpaired) electrons. The minimum atomic E-state index is -1.36. The summed E-state index contributed by atoms with van der Waals surface area (Å²) in [5.74, 6) is -2.40. The van der Waals surface area contributed by atoms with Crippen LogP contribution in [0.3, 0.4) is 0 Å². The summed E-state index contributed by atoms with van der Waals surface area (Å²) in [6, 6.07) is 3.92. The molecule has 0 bridgehead atoms. The minimum absolute atomic E-state index is 0.141. The second-order valence-corrected chi connectivity index (χ2v) is 4.00. The van der Waals surface area contributed by atoms with Crippen molar-refractivity contribution in [3.63, 3.8) is 0 Å². The Bertz CT molecular complexity index is 437. The van der Waals surface area contributed by atoms with Gasteiger partial charge in [0.2, 0.25) is 0 Å². The van der Waals surface area contributed by atoms with E-state index >= 15 is 0 Å². The summed E-state index contributed by atoms with van der Waals surface area (Å²) in [6.07, 6.45) is 0. The Hall–Kier alpha value is -2.04. The molecule has 0 fully saturated rings. The van der Waals surface area contributed by atoms with Crippen molar-refractivity contribution in [1.82, 2.24) is 0 Å². The normalized spacial score (nSPS) is 10.3. The van der Waals surface area contributed by atoms with E-state index in [4.69, 9.17) is 9.84 Å². The molecule has 1 rings (SSSR count). The third kappa shape index (κ3) is 3.21. The molecule has 0 amide bonds. The van der Waals surface area contributed by atoms with Gasteiger partial charge in [0.1, 0.15) is 11.3 Å². The van der Waals surface area contributed by atoms with E-state index in [0.29, 0.717) is 0 Å². The summed E-state index contributed by atoms with van der Waals surface area (Å²) >= 11 is 0. The smallest absolute Gasteiger partial charge is 0.340 e. The van der Waals surface area contributed by atoms with Crippen LogP contribution in [0.15, 0.2) is 18.2 Å². The second-order valence-electron chi connectivity index (χ2n) is 4.00. The first-order chi connectivity index (χ1) is 7.93. The molecule has 0 saturated heterocycles. The van der Waals surface area contributed by atoms with Gasteiger partial charge in [-0.1, -0.05) is 19.9 Å². The molecule has 2 N–H and O–H groups in total. The van der Waals surface area contributed by atoms with Gasteiger partial charge in [-0.05, 0) is 18.1 Å². The van der Waals surface area contributed by atoms with E-state index in [0.717, 1.165) is 0 Å². The van der Waals surface area contributed by atoms with Gasteiger partial charge >= 0.3 is 11.9 Å². The van der Waals surface area contributed by atoms with Crippen LogP contribution in [0.2, 0.25) is 0 Å². The highest BCUT2D eigenvalue weighted by molar-refractivity contribution is 6.04. The maximum Gasteiger partial charge on any atom is 0.340 e.